The van der Waals surface area contributed by atoms with Crippen molar-refractivity contribution in [1.82, 2.24) is 42.1 Å². The molecular weight excluding hydrogens is 636 g/mol. The zero-order chi connectivity index (χ0) is 36.0. The minimum atomic E-state index is -1.48. The second kappa shape index (κ2) is 19.2. The summed E-state index contributed by atoms with van der Waals surface area (Å²) in [6, 6.07) is -5.07. The lowest BCUT2D eigenvalue weighted by molar-refractivity contribution is -0.143. The predicted molar refractivity (Wildman–Crippen MR) is 165 cm³/mol. The molecule has 3 unspecified atom stereocenters. The molecule has 0 radical (unpaired) electrons. The number of hydrogen-bond donors (Lipinski definition) is 9. The average Bonchev–Trinajstić information content (AvgIpc) is 3.54. The van der Waals surface area contributed by atoms with Crippen molar-refractivity contribution in [3.8, 4) is 0 Å². The lowest BCUT2D eigenvalue weighted by atomic mass is 9.94. The SMILES string of the molecule is CCCC1NC(=O)CNC(=O)CNC(=O)[C@H](C(C)C(O)CO)NC(=O)[C@@H]2CCCN2C(=O)[C@H](CC(C)=O)NC(=O)CNC(=O)CNC1=O. The molecule has 0 aromatic rings. The molecular formula is C29H46N8O11. The number of carbonyl (C=O) groups excluding carboxylic acids is 9. The monoisotopic (exact) mass is 682 g/mol. The third kappa shape index (κ3) is 12.2. The highest BCUT2D eigenvalue weighted by atomic mass is 16.3. The van der Waals surface area contributed by atoms with Crippen LogP contribution in [0.25, 0.3) is 0 Å². The van der Waals surface area contributed by atoms with Crippen molar-refractivity contribution in [2.45, 2.75) is 83.1 Å². The van der Waals surface area contributed by atoms with E-state index in [2.05, 4.69) is 37.2 Å². The van der Waals surface area contributed by atoms with Crippen LogP contribution in [0, 0.1) is 5.92 Å². The van der Waals surface area contributed by atoms with Gasteiger partial charge < -0.3 is 52.3 Å². The van der Waals surface area contributed by atoms with Crippen molar-refractivity contribution in [1.29, 1.82) is 0 Å². The number of fused-ring (bicyclic) bond motifs is 1. The summed E-state index contributed by atoms with van der Waals surface area (Å²) in [6.07, 6.45) is -0.685. The summed E-state index contributed by atoms with van der Waals surface area (Å²) in [5.41, 5.74) is 0. The molecule has 9 N–H and O–H groups in total. The first-order chi connectivity index (χ1) is 22.7. The minimum Gasteiger partial charge on any atom is -0.394 e. The van der Waals surface area contributed by atoms with Gasteiger partial charge in [-0.3, -0.25) is 43.2 Å². The molecule has 2 aliphatic heterocycles. The molecule has 0 bridgehead atoms. The Bertz CT molecular complexity index is 1250. The normalized spacial score (nSPS) is 25.9. The molecule has 0 aromatic carbocycles. The van der Waals surface area contributed by atoms with Crippen LogP contribution in [0.1, 0.15) is 52.9 Å². The summed E-state index contributed by atoms with van der Waals surface area (Å²) in [7, 11) is 0. The Morgan fingerprint density at radius 1 is 0.792 bits per heavy atom. The zero-order valence-corrected chi connectivity index (χ0v) is 27.3. The Labute approximate surface area is 277 Å². The number of rotatable bonds is 7. The fourth-order valence-corrected chi connectivity index (χ4v) is 5.16. The van der Waals surface area contributed by atoms with Gasteiger partial charge in [0.05, 0.1) is 38.9 Å². The number of hydrogen-bond acceptors (Lipinski definition) is 11. The molecule has 48 heavy (non-hydrogen) atoms. The highest BCUT2D eigenvalue weighted by Crippen LogP contribution is 2.21. The van der Waals surface area contributed by atoms with E-state index < -0.39 is 128 Å². The van der Waals surface area contributed by atoms with Crippen molar-refractivity contribution in [3.05, 3.63) is 0 Å². The number of amides is 8. The van der Waals surface area contributed by atoms with Gasteiger partial charge in [0.15, 0.2) is 0 Å². The lowest BCUT2D eigenvalue weighted by Crippen LogP contribution is -2.59. The lowest BCUT2D eigenvalue weighted by Gasteiger charge is -2.31. The summed E-state index contributed by atoms with van der Waals surface area (Å²) in [4.78, 5) is 116. The van der Waals surface area contributed by atoms with E-state index in [0.717, 1.165) is 4.90 Å². The third-order valence-corrected chi connectivity index (χ3v) is 7.83. The fourth-order valence-electron chi connectivity index (χ4n) is 5.16. The Morgan fingerprint density at radius 2 is 1.33 bits per heavy atom. The topological polar surface area (TPSA) is 282 Å². The molecule has 0 saturated carbocycles. The molecule has 0 spiro atoms. The standard InChI is InChI=1S/C29H46N8O11/c1-4-6-17-26(45)32-10-21(41)31-13-24(44)35-18(9-15(2)39)29(48)37-8-5-7-19(37)27(46)36-25(16(3)20(40)14-38)28(47)33-11-22(42)30-12-23(43)34-17/h16-20,25,38,40H,4-14H2,1-3H3,(H,30,42)(H,31,41)(H,32,45)(H,33,47)(H,34,43)(H,35,44)(H,36,46)/t16?,17?,18-,19-,20?,25-/m0/s1. The molecule has 268 valence electrons. The van der Waals surface area contributed by atoms with Crippen LogP contribution in [0.3, 0.4) is 0 Å². The summed E-state index contributed by atoms with van der Waals surface area (Å²) in [5.74, 6) is -7.79. The van der Waals surface area contributed by atoms with Gasteiger partial charge in [-0.05, 0) is 26.2 Å². The van der Waals surface area contributed by atoms with Crippen LogP contribution in [0.5, 0.6) is 0 Å². The first kappa shape index (κ1) is 39.5. The van der Waals surface area contributed by atoms with Gasteiger partial charge in [-0.2, -0.15) is 0 Å². The molecule has 8 amide bonds. The smallest absolute Gasteiger partial charge is 0.246 e. The van der Waals surface area contributed by atoms with Gasteiger partial charge in [0, 0.05) is 18.9 Å². The highest BCUT2D eigenvalue weighted by Gasteiger charge is 2.40. The summed E-state index contributed by atoms with van der Waals surface area (Å²) >= 11 is 0. The van der Waals surface area contributed by atoms with E-state index in [-0.39, 0.29) is 19.4 Å². The molecule has 2 heterocycles. The number of Topliss-reactive ketones (excluding diaryl/α,β-unsaturated/α-hetero) is 1. The zero-order valence-electron chi connectivity index (χ0n) is 27.3. The number of carbonyl (C=O) groups is 9. The van der Waals surface area contributed by atoms with Crippen LogP contribution >= 0.6 is 0 Å². The van der Waals surface area contributed by atoms with E-state index in [1.54, 1.807) is 6.92 Å². The van der Waals surface area contributed by atoms with Crippen LogP contribution in [-0.2, 0) is 43.2 Å². The number of aliphatic hydroxyl groups is 2. The molecule has 0 aliphatic carbocycles. The van der Waals surface area contributed by atoms with E-state index in [4.69, 9.17) is 0 Å². The molecule has 19 nitrogen and oxygen atoms in total. The fraction of sp³-hybridized carbons (Fsp3) is 0.690. The summed E-state index contributed by atoms with van der Waals surface area (Å²) in [6.45, 7) is 1.29. The summed E-state index contributed by atoms with van der Waals surface area (Å²) < 4.78 is 0. The Morgan fingerprint density at radius 3 is 1.88 bits per heavy atom. The molecule has 2 saturated heterocycles. The van der Waals surface area contributed by atoms with Crippen molar-refractivity contribution < 1.29 is 53.4 Å². The van der Waals surface area contributed by atoms with Crippen LogP contribution in [0.15, 0.2) is 0 Å². The third-order valence-electron chi connectivity index (χ3n) is 7.83. The van der Waals surface area contributed by atoms with Crippen molar-refractivity contribution >= 4 is 53.0 Å². The van der Waals surface area contributed by atoms with Gasteiger partial charge >= 0.3 is 0 Å². The Balaban J connectivity index is 2.37. The Kier molecular flexibility index (Phi) is 15.8. The van der Waals surface area contributed by atoms with Gasteiger partial charge in [-0.15, -0.1) is 0 Å². The molecule has 19 heteroatoms. The maximum absolute atomic E-state index is 13.6. The van der Waals surface area contributed by atoms with Gasteiger partial charge in [-0.1, -0.05) is 20.3 Å². The first-order valence-electron chi connectivity index (χ1n) is 15.7. The van der Waals surface area contributed by atoms with Crippen LogP contribution in [0.2, 0.25) is 0 Å². The van der Waals surface area contributed by atoms with Gasteiger partial charge in [0.1, 0.15) is 30.0 Å². The van der Waals surface area contributed by atoms with Gasteiger partial charge in [-0.25, -0.2) is 0 Å². The van der Waals surface area contributed by atoms with Gasteiger partial charge in [0.2, 0.25) is 47.3 Å². The maximum atomic E-state index is 13.6. The number of aliphatic hydroxyl groups excluding tert-OH is 2. The predicted octanol–water partition coefficient (Wildman–Crippen LogP) is -5.32. The molecule has 0 aromatic heterocycles. The van der Waals surface area contributed by atoms with Gasteiger partial charge in [0.25, 0.3) is 0 Å². The van der Waals surface area contributed by atoms with Crippen molar-refractivity contribution in [2.75, 3.05) is 39.3 Å². The van der Waals surface area contributed by atoms with Crippen LogP contribution < -0.4 is 37.2 Å². The van der Waals surface area contributed by atoms with Crippen molar-refractivity contribution in [2.24, 2.45) is 5.92 Å². The second-order valence-electron chi connectivity index (χ2n) is 11.7. The second-order valence-corrected chi connectivity index (χ2v) is 11.7. The largest absolute Gasteiger partial charge is 0.394 e. The maximum Gasteiger partial charge on any atom is 0.246 e. The van der Waals surface area contributed by atoms with Crippen molar-refractivity contribution in [3.63, 3.8) is 0 Å². The average molecular weight is 683 g/mol. The minimum absolute atomic E-state index is 0.0794. The molecule has 2 rings (SSSR count). The molecule has 2 aliphatic rings. The van der Waals surface area contributed by atoms with E-state index in [0.29, 0.717) is 12.8 Å². The molecule has 6 atom stereocenters. The number of ketones is 1. The van der Waals surface area contributed by atoms with Crippen LogP contribution in [-0.4, -0.2) is 138 Å². The van der Waals surface area contributed by atoms with Crippen LogP contribution in [0.4, 0.5) is 0 Å². The highest BCUT2D eigenvalue weighted by molar-refractivity contribution is 5.98. The number of nitrogens with one attached hydrogen (secondary N) is 7. The van der Waals surface area contributed by atoms with E-state index in [9.17, 15) is 53.4 Å². The quantitative estimate of drug-likeness (QED) is 0.122. The van der Waals surface area contributed by atoms with E-state index >= 15 is 0 Å². The summed E-state index contributed by atoms with van der Waals surface area (Å²) in [5, 5.41) is 36.3. The number of nitrogens with zero attached hydrogens (tertiary/aromatic N) is 1. The first-order valence-corrected chi connectivity index (χ1v) is 15.7. The molecule has 2 fully saturated rings. The van der Waals surface area contributed by atoms with E-state index in [1.165, 1.54) is 13.8 Å². The van der Waals surface area contributed by atoms with E-state index in [1.807, 2.05) is 0 Å². The Hall–Kier alpha value is -4.65.